The fourth-order valence-corrected chi connectivity index (χ4v) is 3.45. The highest BCUT2D eigenvalue weighted by atomic mass is 16.5. The largest absolute Gasteiger partial charge is 0.493 e. The first kappa shape index (κ1) is 18.9. The zero-order valence-electron chi connectivity index (χ0n) is 16.3. The van der Waals surface area contributed by atoms with Crippen LogP contribution in [0.4, 0.5) is 0 Å². The van der Waals surface area contributed by atoms with Crippen molar-refractivity contribution in [2.75, 3.05) is 20.2 Å². The number of carbonyl (C=O) groups excluding carboxylic acids is 1. The van der Waals surface area contributed by atoms with Crippen molar-refractivity contribution in [3.8, 4) is 11.6 Å². The van der Waals surface area contributed by atoms with Gasteiger partial charge in [0.1, 0.15) is 17.5 Å². The fourth-order valence-electron chi connectivity index (χ4n) is 3.45. The summed E-state index contributed by atoms with van der Waals surface area (Å²) in [6.07, 6.45) is 2.93. The van der Waals surface area contributed by atoms with Crippen LogP contribution in [0.5, 0.6) is 11.6 Å². The van der Waals surface area contributed by atoms with Crippen molar-refractivity contribution < 1.29 is 18.7 Å². The van der Waals surface area contributed by atoms with Gasteiger partial charge in [0.05, 0.1) is 7.11 Å². The zero-order valence-corrected chi connectivity index (χ0v) is 16.3. The second kappa shape index (κ2) is 7.90. The van der Waals surface area contributed by atoms with Crippen molar-refractivity contribution in [1.29, 1.82) is 0 Å². The third-order valence-electron chi connectivity index (χ3n) is 4.94. The maximum atomic E-state index is 12.9. The zero-order chi connectivity index (χ0) is 20.4. The molecule has 8 heteroatoms. The Bertz CT molecular complexity index is 1100. The van der Waals surface area contributed by atoms with Gasteiger partial charge in [-0.1, -0.05) is 12.1 Å². The molecule has 150 valence electrons. The van der Waals surface area contributed by atoms with Crippen LogP contribution in [0, 0.1) is 6.92 Å². The summed E-state index contributed by atoms with van der Waals surface area (Å²) in [6, 6.07) is 8.56. The number of methoxy groups -OCH3 is 1. The lowest BCUT2D eigenvalue weighted by atomic mass is 10.1. The van der Waals surface area contributed by atoms with Gasteiger partial charge in [-0.05, 0) is 19.1 Å². The van der Waals surface area contributed by atoms with Gasteiger partial charge >= 0.3 is 5.63 Å². The van der Waals surface area contributed by atoms with Crippen molar-refractivity contribution in [2.45, 2.75) is 25.9 Å². The highest BCUT2D eigenvalue weighted by Gasteiger charge is 2.27. The van der Waals surface area contributed by atoms with Gasteiger partial charge in [-0.25, -0.2) is 9.78 Å². The maximum Gasteiger partial charge on any atom is 0.349 e. The lowest BCUT2D eigenvalue weighted by Crippen LogP contribution is -2.43. The fraction of sp³-hybridized carbons (Fsp3) is 0.333. The molecule has 4 rings (SSSR count). The number of aryl methyl sites for hydroxylation is 1. The third kappa shape index (κ3) is 3.91. The molecule has 0 aliphatic carbocycles. The van der Waals surface area contributed by atoms with E-state index in [1.165, 1.54) is 7.11 Å². The first-order chi connectivity index (χ1) is 14.0. The molecular formula is C21H21N3O5. The number of benzene rings is 1. The Hall–Kier alpha value is -3.42. The van der Waals surface area contributed by atoms with Crippen LogP contribution in [-0.4, -0.2) is 47.1 Å². The molecule has 0 saturated carbocycles. The summed E-state index contributed by atoms with van der Waals surface area (Å²) in [5.74, 6) is 1.30. The second-order valence-electron chi connectivity index (χ2n) is 6.88. The molecule has 0 N–H and O–H groups in total. The normalized spacial score (nSPS) is 14.8. The first-order valence-corrected chi connectivity index (χ1v) is 9.41. The number of likely N-dealkylation sites (tertiary alicyclic amines) is 1. The van der Waals surface area contributed by atoms with E-state index in [2.05, 4.69) is 9.97 Å². The number of nitrogens with zero attached hydrogens (tertiary/aromatic N) is 3. The molecular weight excluding hydrogens is 374 g/mol. The van der Waals surface area contributed by atoms with Crippen molar-refractivity contribution in [2.24, 2.45) is 0 Å². The minimum atomic E-state index is -0.665. The molecule has 1 aromatic carbocycles. The summed E-state index contributed by atoms with van der Waals surface area (Å²) in [5, 5.41) is 0.643. The summed E-state index contributed by atoms with van der Waals surface area (Å²) in [6.45, 7) is 2.78. The summed E-state index contributed by atoms with van der Waals surface area (Å²) in [5.41, 5.74) is -0.304. The lowest BCUT2D eigenvalue weighted by molar-refractivity contribution is 0.0584. The van der Waals surface area contributed by atoms with Crippen molar-refractivity contribution in [1.82, 2.24) is 14.9 Å². The van der Waals surface area contributed by atoms with E-state index in [9.17, 15) is 9.59 Å². The Morgan fingerprint density at radius 2 is 2.03 bits per heavy atom. The number of para-hydroxylation sites is 1. The predicted molar refractivity (Wildman–Crippen MR) is 105 cm³/mol. The van der Waals surface area contributed by atoms with Gasteiger partial charge in [0.15, 0.2) is 11.3 Å². The number of hydrogen-bond donors (Lipinski definition) is 0. The number of piperidine rings is 1. The number of fused-ring (bicyclic) bond motifs is 1. The molecule has 0 bridgehead atoms. The van der Waals surface area contributed by atoms with Gasteiger partial charge in [-0.2, -0.15) is 4.98 Å². The quantitative estimate of drug-likeness (QED) is 0.627. The Balaban J connectivity index is 1.47. The van der Waals surface area contributed by atoms with Crippen molar-refractivity contribution in [3.63, 3.8) is 0 Å². The number of ether oxygens (including phenoxy) is 2. The molecule has 0 atom stereocenters. The van der Waals surface area contributed by atoms with Crippen molar-refractivity contribution in [3.05, 3.63) is 58.3 Å². The van der Waals surface area contributed by atoms with Gasteiger partial charge < -0.3 is 18.8 Å². The minimum Gasteiger partial charge on any atom is -0.493 e. The molecule has 3 heterocycles. The van der Waals surface area contributed by atoms with Crippen LogP contribution in [-0.2, 0) is 0 Å². The molecule has 8 nitrogen and oxygen atoms in total. The molecule has 2 aromatic heterocycles. The molecule has 1 aliphatic heterocycles. The number of amides is 1. The Kier molecular flexibility index (Phi) is 5.16. The van der Waals surface area contributed by atoms with Crippen LogP contribution in [0.3, 0.4) is 0 Å². The van der Waals surface area contributed by atoms with Crippen LogP contribution in [0.25, 0.3) is 11.0 Å². The highest BCUT2D eigenvalue weighted by Crippen LogP contribution is 2.25. The van der Waals surface area contributed by atoms with E-state index in [-0.39, 0.29) is 17.6 Å². The van der Waals surface area contributed by atoms with Crippen LogP contribution in [0.2, 0.25) is 0 Å². The van der Waals surface area contributed by atoms with Crippen LogP contribution in [0.15, 0.2) is 45.7 Å². The summed E-state index contributed by atoms with van der Waals surface area (Å²) in [4.78, 5) is 35.3. The van der Waals surface area contributed by atoms with Gasteiger partial charge in [0.2, 0.25) is 5.88 Å². The molecule has 0 unspecified atom stereocenters. The number of carbonyl (C=O) groups is 1. The van der Waals surface area contributed by atoms with Crippen molar-refractivity contribution >= 4 is 16.9 Å². The van der Waals surface area contributed by atoms with E-state index in [1.54, 1.807) is 48.4 Å². The van der Waals surface area contributed by atoms with Gasteiger partial charge in [0, 0.05) is 43.6 Å². The molecule has 0 radical (unpaired) electrons. The van der Waals surface area contributed by atoms with Crippen LogP contribution in [0.1, 0.15) is 29.0 Å². The molecule has 1 aliphatic rings. The predicted octanol–water partition coefficient (Wildman–Crippen LogP) is 2.58. The standard InChI is InChI=1S/C21H21N3O5/c1-13-22-9-6-18(23-13)28-15-7-10-24(11-8-15)20(25)16-12-14-4-3-5-17(27-2)19(14)29-21(16)26/h3-6,9,12,15H,7-8,10-11H2,1-2H3. The smallest absolute Gasteiger partial charge is 0.349 e. The van der Waals surface area contributed by atoms with Crippen LogP contribution >= 0.6 is 0 Å². The number of aromatic nitrogens is 2. The molecule has 1 saturated heterocycles. The van der Waals surface area contributed by atoms with E-state index < -0.39 is 5.63 Å². The highest BCUT2D eigenvalue weighted by molar-refractivity contribution is 5.97. The molecule has 3 aromatic rings. The Labute approximate surface area is 167 Å². The maximum absolute atomic E-state index is 12.9. The summed E-state index contributed by atoms with van der Waals surface area (Å²) < 4.78 is 16.5. The average Bonchev–Trinajstić information content (AvgIpc) is 2.73. The molecule has 29 heavy (non-hydrogen) atoms. The summed E-state index contributed by atoms with van der Waals surface area (Å²) in [7, 11) is 1.50. The molecule has 1 fully saturated rings. The Morgan fingerprint density at radius 1 is 1.24 bits per heavy atom. The van der Waals surface area contributed by atoms with Gasteiger partial charge in [-0.3, -0.25) is 4.79 Å². The first-order valence-electron chi connectivity index (χ1n) is 9.41. The summed E-state index contributed by atoms with van der Waals surface area (Å²) >= 11 is 0. The van der Waals surface area contributed by atoms with E-state index in [4.69, 9.17) is 13.9 Å². The van der Waals surface area contributed by atoms with E-state index in [1.807, 2.05) is 0 Å². The number of hydrogen-bond acceptors (Lipinski definition) is 7. The molecule has 1 amide bonds. The monoisotopic (exact) mass is 395 g/mol. The number of rotatable bonds is 4. The van der Waals surface area contributed by atoms with E-state index in [0.29, 0.717) is 54.4 Å². The van der Waals surface area contributed by atoms with Gasteiger partial charge in [0.25, 0.3) is 5.91 Å². The van der Waals surface area contributed by atoms with Crippen LogP contribution < -0.4 is 15.1 Å². The Morgan fingerprint density at radius 3 is 2.76 bits per heavy atom. The third-order valence-corrected chi connectivity index (χ3v) is 4.94. The minimum absolute atomic E-state index is 0.0246. The second-order valence-corrected chi connectivity index (χ2v) is 6.88. The topological polar surface area (TPSA) is 94.8 Å². The molecule has 0 spiro atoms. The van der Waals surface area contributed by atoms with E-state index >= 15 is 0 Å². The SMILES string of the molecule is COc1cccc2cc(C(=O)N3CCC(Oc4ccnc(C)n4)CC3)c(=O)oc12. The lowest BCUT2D eigenvalue weighted by Gasteiger charge is -2.31. The average molecular weight is 395 g/mol. The van der Waals surface area contributed by atoms with Gasteiger partial charge in [-0.15, -0.1) is 0 Å². The van der Waals surface area contributed by atoms with E-state index in [0.717, 1.165) is 0 Å².